The van der Waals surface area contributed by atoms with Gasteiger partial charge in [-0.2, -0.15) is 12.7 Å². The Morgan fingerprint density at radius 1 is 0.962 bits per heavy atom. The highest BCUT2D eigenvalue weighted by molar-refractivity contribution is 7.87. The molecule has 276 valence electrons. The maximum atomic E-state index is 14.8. The maximum Gasteiger partial charge on any atom is 0.305 e. The summed E-state index contributed by atoms with van der Waals surface area (Å²) in [5, 5.41) is 0.975. The smallest absolute Gasteiger partial charge is 0.305 e. The number of benzene rings is 2. The third-order valence-electron chi connectivity index (χ3n) is 11.5. The molecule has 14 heteroatoms. The van der Waals surface area contributed by atoms with E-state index >= 15 is 0 Å². The highest BCUT2D eigenvalue weighted by Gasteiger charge is 2.57. The fraction of sp³-hybridized carbons (Fsp3) is 0.474. The molecule has 3 amide bonds. The van der Waals surface area contributed by atoms with Crippen LogP contribution in [-0.4, -0.2) is 114 Å². The number of hydrogen-bond donors (Lipinski definition) is 0. The van der Waals surface area contributed by atoms with Crippen molar-refractivity contribution in [2.75, 3.05) is 55.4 Å². The maximum absolute atomic E-state index is 14.8. The predicted molar refractivity (Wildman–Crippen MR) is 197 cm³/mol. The van der Waals surface area contributed by atoms with Gasteiger partial charge in [-0.1, -0.05) is 25.3 Å². The average molecular weight is 730 g/mol. The first kappa shape index (κ1) is 35.7. The number of carbonyl (C=O) groups is 3. The van der Waals surface area contributed by atoms with E-state index in [4.69, 9.17) is 4.74 Å². The Hall–Kier alpha value is -4.69. The van der Waals surface area contributed by atoms with E-state index in [1.54, 1.807) is 67.1 Å². The molecule has 0 bridgehead atoms. The predicted octanol–water partition coefficient (Wildman–Crippen LogP) is 4.30. The standard InChI is InChI=1S/C38H47N7O6S/c1-40(2)37(48)38-22-44(36(47)34-39-17-18-42(34)5)21-30(38)29-20-26(51-7)14-16-27(29)33-32(24-11-9-8-10-12-24)28-15-13-25(19-31(28)45(33)23-38)35(46)43(6)52(49,50)41(3)4/h13-20,24,30H,8-12,21-23H2,1-7H3. The molecule has 52 heavy (non-hydrogen) atoms. The van der Waals surface area contributed by atoms with Crippen molar-refractivity contribution in [3.05, 3.63) is 71.3 Å². The number of likely N-dealkylation sites (tertiary alicyclic amines) is 1. The summed E-state index contributed by atoms with van der Waals surface area (Å²) in [6.45, 7) is 0.680. The molecule has 2 aromatic carbocycles. The minimum absolute atomic E-state index is 0.112. The topological polar surface area (TPSA) is 130 Å². The lowest BCUT2D eigenvalue weighted by Gasteiger charge is -2.35. The van der Waals surface area contributed by atoms with Crippen molar-refractivity contribution < 1.29 is 27.5 Å². The van der Waals surface area contributed by atoms with Gasteiger partial charge in [0.1, 0.15) is 5.75 Å². The van der Waals surface area contributed by atoms with E-state index in [2.05, 4.69) is 15.6 Å². The summed E-state index contributed by atoms with van der Waals surface area (Å²) >= 11 is 0. The van der Waals surface area contributed by atoms with Crippen LogP contribution in [0.4, 0.5) is 0 Å². The molecule has 1 saturated heterocycles. The largest absolute Gasteiger partial charge is 0.497 e. The van der Waals surface area contributed by atoms with Crippen LogP contribution in [0.15, 0.2) is 48.8 Å². The zero-order valence-electron chi connectivity index (χ0n) is 30.9. The fourth-order valence-electron chi connectivity index (χ4n) is 8.82. The summed E-state index contributed by atoms with van der Waals surface area (Å²) in [5.41, 5.74) is 3.94. The molecule has 3 aliphatic rings. The number of rotatable bonds is 7. The van der Waals surface area contributed by atoms with E-state index in [1.165, 1.54) is 33.1 Å². The van der Waals surface area contributed by atoms with Gasteiger partial charge in [0, 0.05) is 102 Å². The number of fused-ring (bicyclic) bond motifs is 7. The van der Waals surface area contributed by atoms with Crippen molar-refractivity contribution in [2.24, 2.45) is 12.5 Å². The van der Waals surface area contributed by atoms with Crippen molar-refractivity contribution >= 4 is 38.8 Å². The molecule has 2 aliphatic heterocycles. The molecule has 4 heterocycles. The van der Waals surface area contributed by atoms with Gasteiger partial charge in [0.05, 0.1) is 18.2 Å². The Labute approximate surface area is 304 Å². The summed E-state index contributed by atoms with van der Waals surface area (Å²) in [5.74, 6) is -0.225. The Morgan fingerprint density at radius 2 is 1.69 bits per heavy atom. The summed E-state index contributed by atoms with van der Waals surface area (Å²) in [7, 11) is 6.90. The Kier molecular flexibility index (Phi) is 8.97. The number of nitrogens with zero attached hydrogens (tertiary/aromatic N) is 7. The molecule has 2 fully saturated rings. The van der Waals surface area contributed by atoms with Gasteiger partial charge < -0.3 is 23.7 Å². The summed E-state index contributed by atoms with van der Waals surface area (Å²) in [6, 6.07) is 11.4. The van der Waals surface area contributed by atoms with Gasteiger partial charge in [0.25, 0.3) is 11.8 Å². The first-order chi connectivity index (χ1) is 24.7. The van der Waals surface area contributed by atoms with E-state index in [0.29, 0.717) is 18.1 Å². The SMILES string of the molecule is COc1ccc2c(c1)C1CN(C(=O)c3nccn3C)CC1(C(=O)N(C)C)Cn1c-2c(C2CCCCC2)c2ccc(C(=O)N(C)S(=O)(=O)N(C)C)cc21. The number of amides is 3. The molecule has 2 atom stereocenters. The number of ether oxygens (including phenoxy) is 1. The van der Waals surface area contributed by atoms with Gasteiger partial charge >= 0.3 is 10.2 Å². The number of hydrogen-bond acceptors (Lipinski definition) is 7. The minimum Gasteiger partial charge on any atom is -0.497 e. The third-order valence-corrected chi connectivity index (χ3v) is 13.2. The van der Waals surface area contributed by atoms with Gasteiger partial charge in [-0.05, 0) is 60.2 Å². The molecular formula is C38H47N7O6S. The lowest BCUT2D eigenvalue weighted by molar-refractivity contribution is -0.140. The van der Waals surface area contributed by atoms with Crippen LogP contribution in [0.25, 0.3) is 22.2 Å². The Bertz CT molecular complexity index is 2200. The van der Waals surface area contributed by atoms with Crippen LogP contribution in [0.1, 0.15) is 76.0 Å². The molecular weight excluding hydrogens is 683 g/mol. The summed E-state index contributed by atoms with van der Waals surface area (Å²) in [6.07, 6.45) is 8.73. The molecule has 0 N–H and O–H groups in total. The summed E-state index contributed by atoms with van der Waals surface area (Å²) in [4.78, 5) is 50.5. The second-order valence-corrected chi connectivity index (χ2v) is 17.1. The molecule has 4 aromatic rings. The molecule has 1 aliphatic carbocycles. The van der Waals surface area contributed by atoms with Crippen LogP contribution in [0.3, 0.4) is 0 Å². The lowest BCUT2D eigenvalue weighted by atomic mass is 9.72. The summed E-state index contributed by atoms with van der Waals surface area (Å²) < 4.78 is 37.4. The van der Waals surface area contributed by atoms with Crippen molar-refractivity contribution in [3.63, 3.8) is 0 Å². The zero-order valence-corrected chi connectivity index (χ0v) is 31.7. The van der Waals surface area contributed by atoms with E-state index in [1.807, 2.05) is 18.2 Å². The number of aryl methyl sites for hydroxylation is 1. The number of methoxy groups -OCH3 is 1. The monoisotopic (exact) mass is 729 g/mol. The van der Waals surface area contributed by atoms with Crippen molar-refractivity contribution in [1.82, 2.24) is 32.5 Å². The number of carbonyl (C=O) groups excluding carboxylic acids is 3. The molecule has 0 radical (unpaired) electrons. The first-order valence-electron chi connectivity index (χ1n) is 17.7. The van der Waals surface area contributed by atoms with Crippen molar-refractivity contribution in [2.45, 2.75) is 50.5 Å². The Morgan fingerprint density at radius 3 is 2.33 bits per heavy atom. The van der Waals surface area contributed by atoms with Crippen LogP contribution in [-0.2, 0) is 28.6 Å². The van der Waals surface area contributed by atoms with Crippen molar-refractivity contribution in [3.8, 4) is 17.0 Å². The third kappa shape index (κ3) is 5.49. The molecule has 1 saturated carbocycles. The Balaban J connectivity index is 1.51. The quantitative estimate of drug-likeness (QED) is 0.277. The van der Waals surface area contributed by atoms with Crippen LogP contribution < -0.4 is 4.74 Å². The van der Waals surface area contributed by atoms with E-state index in [-0.39, 0.29) is 36.4 Å². The van der Waals surface area contributed by atoms with Gasteiger partial charge in [0.2, 0.25) is 5.91 Å². The van der Waals surface area contributed by atoms with Gasteiger partial charge in [0.15, 0.2) is 5.82 Å². The van der Waals surface area contributed by atoms with Gasteiger partial charge in [-0.15, -0.1) is 0 Å². The van der Waals surface area contributed by atoms with Crippen LogP contribution >= 0.6 is 0 Å². The van der Waals surface area contributed by atoms with E-state index in [9.17, 15) is 22.8 Å². The molecule has 0 spiro atoms. The van der Waals surface area contributed by atoms with Gasteiger partial charge in [-0.25, -0.2) is 9.29 Å². The second-order valence-electron chi connectivity index (χ2n) is 14.9. The van der Waals surface area contributed by atoms with E-state index in [0.717, 1.165) is 62.0 Å². The molecule has 13 nitrogen and oxygen atoms in total. The first-order valence-corrected chi connectivity index (χ1v) is 19.1. The highest BCUT2D eigenvalue weighted by atomic mass is 32.2. The normalized spacial score (nSPS) is 20.3. The average Bonchev–Trinajstić information content (AvgIpc) is 3.82. The highest BCUT2D eigenvalue weighted by Crippen LogP contribution is 2.55. The lowest BCUT2D eigenvalue weighted by Crippen LogP contribution is -2.48. The minimum atomic E-state index is -4.03. The fourth-order valence-corrected chi connectivity index (χ4v) is 9.62. The van der Waals surface area contributed by atoms with Crippen molar-refractivity contribution in [1.29, 1.82) is 0 Å². The second kappa shape index (κ2) is 13.1. The molecule has 2 aromatic heterocycles. The zero-order chi connectivity index (χ0) is 37.3. The number of aromatic nitrogens is 3. The van der Waals surface area contributed by atoms with Crippen LogP contribution in [0.2, 0.25) is 0 Å². The van der Waals surface area contributed by atoms with Gasteiger partial charge in [-0.3, -0.25) is 14.4 Å². The van der Waals surface area contributed by atoms with Crippen LogP contribution in [0.5, 0.6) is 5.75 Å². The van der Waals surface area contributed by atoms with Crippen LogP contribution in [0, 0.1) is 5.41 Å². The number of imidazole rings is 1. The molecule has 2 unspecified atom stereocenters. The molecule has 7 rings (SSSR count). The van der Waals surface area contributed by atoms with E-state index < -0.39 is 27.4 Å².